The molecule has 5 rings (SSSR count). The largest absolute Gasteiger partial charge is 0.474 e. The number of nitrogens with one attached hydrogen (secondary N) is 1. The molecule has 1 aliphatic carbocycles. The van der Waals surface area contributed by atoms with Gasteiger partial charge in [-0.1, -0.05) is 29.8 Å². The van der Waals surface area contributed by atoms with Gasteiger partial charge in [-0.2, -0.15) is 0 Å². The number of aromatic nitrogens is 4. The molecule has 1 N–H and O–H groups in total. The number of pyridine rings is 1. The zero-order valence-electron chi connectivity index (χ0n) is 16.2. The van der Waals surface area contributed by atoms with Gasteiger partial charge in [0, 0.05) is 12.6 Å². The minimum Gasteiger partial charge on any atom is -0.474 e. The van der Waals surface area contributed by atoms with Gasteiger partial charge in [-0.05, 0) is 48.9 Å². The lowest BCUT2D eigenvalue weighted by Crippen LogP contribution is -2.32. The predicted octanol–water partition coefficient (Wildman–Crippen LogP) is 4.80. The summed E-state index contributed by atoms with van der Waals surface area (Å²) in [5, 5.41) is 12.1. The van der Waals surface area contributed by atoms with Gasteiger partial charge >= 0.3 is 0 Å². The molecule has 3 heterocycles. The molecule has 158 valence electrons. The summed E-state index contributed by atoms with van der Waals surface area (Å²) in [4.78, 5) is 3.85. The number of alkyl halides is 1. The first-order valence-electron chi connectivity index (χ1n) is 9.82. The highest BCUT2D eigenvalue weighted by Gasteiger charge is 2.36. The Labute approximate surface area is 191 Å². The minimum absolute atomic E-state index is 0. The third-order valence-corrected chi connectivity index (χ3v) is 6.58. The summed E-state index contributed by atoms with van der Waals surface area (Å²) in [5.41, 5.74) is 3.49. The van der Waals surface area contributed by atoms with Crippen LogP contribution in [0.5, 0.6) is 5.88 Å². The van der Waals surface area contributed by atoms with Crippen LogP contribution in [0.3, 0.4) is 0 Å². The lowest BCUT2D eigenvalue weighted by atomic mass is 9.81. The predicted molar refractivity (Wildman–Crippen MR) is 119 cm³/mol. The molecule has 3 aromatic rings. The van der Waals surface area contributed by atoms with Crippen molar-refractivity contribution in [2.75, 3.05) is 0 Å². The molecule has 2 aromatic heterocycles. The third-order valence-electron chi connectivity index (χ3n) is 5.78. The van der Waals surface area contributed by atoms with Crippen molar-refractivity contribution in [3.8, 4) is 11.6 Å². The lowest BCUT2D eigenvalue weighted by molar-refractivity contribution is 0.132. The smallest absolute Gasteiger partial charge is 0.214 e. The summed E-state index contributed by atoms with van der Waals surface area (Å²) < 4.78 is 8.07. The molecule has 0 spiro atoms. The Morgan fingerprint density at radius 1 is 1.13 bits per heavy atom. The molecular weight excluding hydrogens is 445 g/mol. The third kappa shape index (κ3) is 4.14. The van der Waals surface area contributed by atoms with Crippen LogP contribution in [-0.4, -0.2) is 25.9 Å². The van der Waals surface area contributed by atoms with Crippen LogP contribution in [0.15, 0.2) is 42.7 Å². The van der Waals surface area contributed by atoms with Crippen LogP contribution in [0.2, 0.25) is 5.15 Å². The van der Waals surface area contributed by atoms with Crippen molar-refractivity contribution in [3.63, 3.8) is 0 Å². The molecule has 1 fully saturated rings. The van der Waals surface area contributed by atoms with Gasteiger partial charge in [0.05, 0.1) is 17.1 Å². The number of hydrogen-bond acceptors (Lipinski definition) is 5. The molecule has 0 unspecified atom stereocenters. The van der Waals surface area contributed by atoms with Crippen molar-refractivity contribution in [2.24, 2.45) is 0 Å². The summed E-state index contributed by atoms with van der Waals surface area (Å²) in [6, 6.07) is 11.9. The Kier molecular flexibility index (Phi) is 6.21. The fourth-order valence-electron chi connectivity index (χ4n) is 4.21. The van der Waals surface area contributed by atoms with Crippen LogP contribution in [0.4, 0.5) is 0 Å². The first-order chi connectivity index (χ1) is 14.1. The van der Waals surface area contributed by atoms with Crippen LogP contribution in [0, 0.1) is 0 Å². The van der Waals surface area contributed by atoms with Crippen molar-refractivity contribution in [1.29, 1.82) is 0 Å². The molecule has 2 aliphatic rings. The second-order valence-corrected chi connectivity index (χ2v) is 8.76. The molecule has 6 nitrogen and oxygen atoms in total. The molecule has 30 heavy (non-hydrogen) atoms. The van der Waals surface area contributed by atoms with Gasteiger partial charge < -0.3 is 10.1 Å². The van der Waals surface area contributed by atoms with Crippen LogP contribution in [0.1, 0.15) is 42.6 Å². The fourth-order valence-corrected chi connectivity index (χ4v) is 4.70. The average Bonchev–Trinajstić information content (AvgIpc) is 3.11. The van der Waals surface area contributed by atoms with Crippen molar-refractivity contribution in [1.82, 2.24) is 25.1 Å². The van der Waals surface area contributed by atoms with Gasteiger partial charge in [0.15, 0.2) is 5.82 Å². The molecule has 0 atom stereocenters. The highest BCUT2D eigenvalue weighted by molar-refractivity contribution is 6.29. The van der Waals surface area contributed by atoms with Gasteiger partial charge in [0.2, 0.25) is 5.88 Å². The highest BCUT2D eigenvalue weighted by Crippen LogP contribution is 2.44. The van der Waals surface area contributed by atoms with E-state index in [1.807, 2.05) is 16.7 Å². The molecule has 0 amide bonds. The second kappa shape index (κ2) is 8.71. The summed E-state index contributed by atoms with van der Waals surface area (Å²) in [6.45, 7) is 1.48. The van der Waals surface area contributed by atoms with Gasteiger partial charge in [0.1, 0.15) is 17.6 Å². The Morgan fingerprint density at radius 3 is 2.77 bits per heavy atom. The van der Waals surface area contributed by atoms with E-state index >= 15 is 0 Å². The zero-order valence-corrected chi connectivity index (χ0v) is 18.6. The van der Waals surface area contributed by atoms with Crippen LogP contribution >= 0.6 is 35.6 Å². The number of halogens is 3. The van der Waals surface area contributed by atoms with E-state index in [-0.39, 0.29) is 23.4 Å². The quantitative estimate of drug-likeness (QED) is 0.444. The Balaban J connectivity index is 0.00000218. The first-order valence-corrected chi connectivity index (χ1v) is 10.6. The molecule has 1 saturated carbocycles. The van der Waals surface area contributed by atoms with Crippen LogP contribution < -0.4 is 10.1 Å². The summed E-state index contributed by atoms with van der Waals surface area (Å²) >= 11 is 13.1. The summed E-state index contributed by atoms with van der Waals surface area (Å²) in [5.74, 6) is 1.50. The maximum absolute atomic E-state index is 7.11. The standard InChI is InChI=1S/C21H21Cl2N5O.ClH/c22-18-2-1-3-20(26-18)29-16-6-8-21(23,9-7-16)15-4-5-17-14(10-15)11-24-12-19-27-25-13-28(17)19;/h1-5,10,13,16,24H,6-9,11-12H2;1H. The normalized spacial score (nSPS) is 22.9. The maximum atomic E-state index is 7.11. The van der Waals surface area contributed by atoms with Crippen LogP contribution in [0.25, 0.3) is 5.69 Å². The molecule has 0 saturated heterocycles. The van der Waals surface area contributed by atoms with E-state index in [0.29, 0.717) is 17.6 Å². The maximum Gasteiger partial charge on any atom is 0.214 e. The van der Waals surface area contributed by atoms with E-state index in [1.54, 1.807) is 12.4 Å². The molecular formula is C21H22Cl3N5O. The van der Waals surface area contributed by atoms with Crippen LogP contribution in [-0.2, 0) is 18.0 Å². The number of rotatable bonds is 3. The average molecular weight is 467 g/mol. The van der Waals surface area contributed by atoms with E-state index in [2.05, 4.69) is 38.7 Å². The first kappa shape index (κ1) is 21.4. The molecule has 1 aliphatic heterocycles. The molecule has 0 radical (unpaired) electrons. The van der Waals surface area contributed by atoms with E-state index in [0.717, 1.165) is 49.3 Å². The molecule has 0 bridgehead atoms. The van der Waals surface area contributed by atoms with Crippen molar-refractivity contribution < 1.29 is 4.74 Å². The summed E-state index contributed by atoms with van der Waals surface area (Å²) in [7, 11) is 0. The van der Waals surface area contributed by atoms with Crippen molar-refractivity contribution >= 4 is 35.6 Å². The van der Waals surface area contributed by atoms with E-state index in [4.69, 9.17) is 27.9 Å². The second-order valence-electron chi connectivity index (χ2n) is 7.65. The number of hydrogen-bond donors (Lipinski definition) is 1. The topological polar surface area (TPSA) is 64.9 Å². The monoisotopic (exact) mass is 465 g/mol. The Bertz CT molecular complexity index is 1030. The Morgan fingerprint density at radius 2 is 1.97 bits per heavy atom. The Hall–Kier alpha value is -1.86. The van der Waals surface area contributed by atoms with Gasteiger partial charge in [-0.3, -0.25) is 4.57 Å². The van der Waals surface area contributed by atoms with Gasteiger partial charge in [0.25, 0.3) is 0 Å². The number of fused-ring (bicyclic) bond motifs is 3. The molecule has 9 heteroatoms. The van der Waals surface area contributed by atoms with Gasteiger partial charge in [-0.25, -0.2) is 4.98 Å². The SMILES string of the molecule is Cl.Clc1cccc(OC2CCC(Cl)(c3ccc4c(c3)CNCc3nncn3-4)CC2)n1. The van der Waals surface area contributed by atoms with E-state index < -0.39 is 0 Å². The fraction of sp³-hybridized carbons (Fsp3) is 0.381. The summed E-state index contributed by atoms with van der Waals surface area (Å²) in [6.07, 6.45) is 5.33. The van der Waals surface area contributed by atoms with Gasteiger partial charge in [-0.15, -0.1) is 34.2 Å². The van der Waals surface area contributed by atoms with E-state index in [1.165, 1.54) is 5.56 Å². The zero-order chi connectivity index (χ0) is 19.8. The van der Waals surface area contributed by atoms with Crippen molar-refractivity contribution in [2.45, 2.75) is 49.8 Å². The number of ether oxygens (including phenoxy) is 1. The lowest BCUT2D eigenvalue weighted by Gasteiger charge is -2.36. The van der Waals surface area contributed by atoms with E-state index in [9.17, 15) is 0 Å². The number of benzene rings is 1. The highest BCUT2D eigenvalue weighted by atomic mass is 35.5. The molecule has 1 aromatic carbocycles. The van der Waals surface area contributed by atoms with Crippen molar-refractivity contribution in [3.05, 3.63) is 64.8 Å². The minimum atomic E-state index is -0.376. The number of nitrogens with zero attached hydrogens (tertiary/aromatic N) is 4.